The zero-order chi connectivity index (χ0) is 14.8. The van der Waals surface area contributed by atoms with Gasteiger partial charge in [-0.05, 0) is 36.0 Å². The van der Waals surface area contributed by atoms with Gasteiger partial charge in [0.25, 0.3) is 0 Å². The number of hydrogen-bond acceptors (Lipinski definition) is 3. The van der Waals surface area contributed by atoms with Crippen molar-refractivity contribution in [3.63, 3.8) is 0 Å². The predicted octanol–water partition coefficient (Wildman–Crippen LogP) is 2.39. The van der Waals surface area contributed by atoms with Crippen LogP contribution in [0, 0.1) is 5.41 Å². The lowest BCUT2D eigenvalue weighted by Gasteiger charge is -2.39. The Morgan fingerprint density at radius 3 is 2.75 bits per heavy atom. The molecule has 112 valence electrons. The van der Waals surface area contributed by atoms with Gasteiger partial charge in [-0.25, -0.2) is 13.6 Å². The number of nitrogens with one attached hydrogen (secondary N) is 1. The Bertz CT molecular complexity index is 567. The average molecular weight is 296 g/mol. The molecule has 1 saturated carbocycles. The van der Waals surface area contributed by atoms with Gasteiger partial charge in [0, 0.05) is 12.6 Å². The Kier molecular flexibility index (Phi) is 4.52. The average Bonchev–Trinajstić information content (AvgIpc) is 2.36. The van der Waals surface area contributed by atoms with Crippen LogP contribution in [0.3, 0.4) is 0 Å². The summed E-state index contributed by atoms with van der Waals surface area (Å²) in [5, 5.41) is 8.73. The molecule has 0 spiro atoms. The molecule has 0 aliphatic heterocycles. The van der Waals surface area contributed by atoms with Crippen LogP contribution in [-0.4, -0.2) is 14.5 Å². The quantitative estimate of drug-likeness (QED) is 0.896. The molecule has 1 fully saturated rings. The van der Waals surface area contributed by atoms with Gasteiger partial charge in [-0.3, -0.25) is 0 Å². The highest BCUT2D eigenvalue weighted by molar-refractivity contribution is 7.89. The molecule has 0 amide bonds. The second-order valence-electron chi connectivity index (χ2n) is 6.36. The van der Waals surface area contributed by atoms with E-state index in [1.54, 1.807) is 12.1 Å². The van der Waals surface area contributed by atoms with E-state index in [4.69, 9.17) is 5.14 Å². The van der Waals surface area contributed by atoms with Crippen LogP contribution < -0.4 is 10.5 Å². The molecule has 1 aromatic rings. The number of sulfonamides is 1. The van der Waals surface area contributed by atoms with Gasteiger partial charge < -0.3 is 5.32 Å². The summed E-state index contributed by atoms with van der Waals surface area (Å²) in [6, 6.07) is 7.33. The smallest absolute Gasteiger partial charge is 0.238 e. The molecule has 20 heavy (non-hydrogen) atoms. The molecule has 5 heteroatoms. The van der Waals surface area contributed by atoms with Crippen LogP contribution in [0.5, 0.6) is 0 Å². The highest BCUT2D eigenvalue weighted by Gasteiger charge is 2.31. The lowest BCUT2D eigenvalue weighted by molar-refractivity contribution is 0.167. The number of rotatable bonds is 4. The molecule has 0 aromatic heterocycles. The van der Waals surface area contributed by atoms with Gasteiger partial charge in [0.1, 0.15) is 0 Å². The minimum Gasteiger partial charge on any atom is -0.309 e. The topological polar surface area (TPSA) is 72.2 Å². The summed E-state index contributed by atoms with van der Waals surface area (Å²) in [5.74, 6) is 0. The Morgan fingerprint density at radius 2 is 2.10 bits per heavy atom. The molecule has 1 unspecified atom stereocenters. The molecule has 3 N–H and O–H groups in total. The molecule has 0 radical (unpaired) electrons. The van der Waals surface area contributed by atoms with E-state index in [-0.39, 0.29) is 4.90 Å². The highest BCUT2D eigenvalue weighted by atomic mass is 32.2. The third-order valence-corrected chi connectivity index (χ3v) is 5.20. The normalized spacial score (nSPS) is 22.6. The van der Waals surface area contributed by atoms with Crippen molar-refractivity contribution in [3.05, 3.63) is 29.8 Å². The Balaban J connectivity index is 2.04. The Morgan fingerprint density at radius 1 is 1.35 bits per heavy atom. The maximum absolute atomic E-state index is 11.4. The van der Waals surface area contributed by atoms with Gasteiger partial charge in [0.15, 0.2) is 0 Å². The largest absolute Gasteiger partial charge is 0.309 e. The molecule has 0 bridgehead atoms. The first-order chi connectivity index (χ1) is 9.29. The van der Waals surface area contributed by atoms with Crippen molar-refractivity contribution in [1.29, 1.82) is 0 Å². The fraction of sp³-hybridized carbons (Fsp3) is 0.600. The molecule has 0 heterocycles. The lowest BCUT2D eigenvalue weighted by atomic mass is 9.73. The van der Waals surface area contributed by atoms with Crippen LogP contribution in [0.25, 0.3) is 0 Å². The SMILES string of the molecule is CC1(C)CCCCC1NCc1cccc(S(N)(=O)=O)c1. The second-order valence-corrected chi connectivity index (χ2v) is 7.92. The standard InChI is InChI=1S/C15H24N2O2S/c1-15(2)9-4-3-8-14(15)17-11-12-6-5-7-13(10-12)20(16,18)19/h5-7,10,14,17H,3-4,8-9,11H2,1-2H3,(H2,16,18,19). The summed E-state index contributed by atoms with van der Waals surface area (Å²) in [5.41, 5.74) is 1.26. The summed E-state index contributed by atoms with van der Waals surface area (Å²) < 4.78 is 22.7. The van der Waals surface area contributed by atoms with Crippen LogP contribution >= 0.6 is 0 Å². The van der Waals surface area contributed by atoms with Crippen molar-refractivity contribution in [1.82, 2.24) is 5.32 Å². The fourth-order valence-electron chi connectivity index (χ4n) is 2.95. The third-order valence-electron chi connectivity index (χ3n) is 4.29. The summed E-state index contributed by atoms with van der Waals surface area (Å²) >= 11 is 0. The van der Waals surface area contributed by atoms with E-state index >= 15 is 0 Å². The van der Waals surface area contributed by atoms with Gasteiger partial charge in [0.2, 0.25) is 10.0 Å². The maximum Gasteiger partial charge on any atom is 0.238 e. The number of benzene rings is 1. The van der Waals surface area contributed by atoms with Crippen molar-refractivity contribution < 1.29 is 8.42 Å². The first kappa shape index (κ1) is 15.5. The van der Waals surface area contributed by atoms with Gasteiger partial charge in [-0.15, -0.1) is 0 Å². The summed E-state index contributed by atoms with van der Waals surface area (Å²) in [6.45, 7) is 5.27. The zero-order valence-electron chi connectivity index (χ0n) is 12.2. The predicted molar refractivity (Wildman–Crippen MR) is 80.7 cm³/mol. The maximum atomic E-state index is 11.4. The molecule has 1 atom stereocenters. The van der Waals surface area contributed by atoms with Crippen LogP contribution in [0.4, 0.5) is 0 Å². The van der Waals surface area contributed by atoms with Crippen molar-refractivity contribution in [3.8, 4) is 0 Å². The van der Waals surface area contributed by atoms with Crippen molar-refractivity contribution in [2.24, 2.45) is 10.6 Å². The summed E-state index contributed by atoms with van der Waals surface area (Å²) in [7, 11) is -3.62. The fourth-order valence-corrected chi connectivity index (χ4v) is 3.53. The third kappa shape index (κ3) is 3.81. The minimum absolute atomic E-state index is 0.180. The van der Waals surface area contributed by atoms with Crippen LogP contribution in [0.1, 0.15) is 45.1 Å². The first-order valence-corrected chi connectivity index (χ1v) is 8.69. The van der Waals surface area contributed by atoms with E-state index in [0.717, 1.165) is 5.56 Å². The molecule has 0 saturated heterocycles. The molecule has 1 aliphatic carbocycles. The lowest BCUT2D eigenvalue weighted by Crippen LogP contribution is -2.43. The number of primary sulfonamides is 1. The van der Waals surface area contributed by atoms with Gasteiger partial charge in [-0.2, -0.15) is 0 Å². The number of hydrogen-bond donors (Lipinski definition) is 2. The monoisotopic (exact) mass is 296 g/mol. The molecule has 1 aromatic carbocycles. The summed E-state index contributed by atoms with van der Waals surface area (Å²) in [4.78, 5) is 0.180. The van der Waals surface area contributed by atoms with E-state index < -0.39 is 10.0 Å². The van der Waals surface area contributed by atoms with E-state index in [9.17, 15) is 8.42 Å². The van der Waals surface area contributed by atoms with E-state index in [2.05, 4.69) is 19.2 Å². The zero-order valence-corrected chi connectivity index (χ0v) is 13.0. The first-order valence-electron chi connectivity index (χ1n) is 7.14. The van der Waals surface area contributed by atoms with E-state index in [1.165, 1.54) is 31.7 Å². The molecule has 2 rings (SSSR count). The van der Waals surface area contributed by atoms with E-state index in [1.807, 2.05) is 6.07 Å². The molecule has 4 nitrogen and oxygen atoms in total. The second kappa shape index (κ2) is 5.84. The molecule has 1 aliphatic rings. The van der Waals surface area contributed by atoms with Crippen LogP contribution in [0.2, 0.25) is 0 Å². The van der Waals surface area contributed by atoms with Crippen molar-refractivity contribution >= 4 is 10.0 Å². The minimum atomic E-state index is -3.62. The Hall–Kier alpha value is -0.910. The van der Waals surface area contributed by atoms with Crippen molar-refractivity contribution in [2.45, 2.75) is 57.0 Å². The highest BCUT2D eigenvalue weighted by Crippen LogP contribution is 2.35. The number of nitrogens with two attached hydrogens (primary N) is 1. The van der Waals surface area contributed by atoms with E-state index in [0.29, 0.717) is 18.0 Å². The van der Waals surface area contributed by atoms with Crippen molar-refractivity contribution in [2.75, 3.05) is 0 Å². The molecular formula is C15H24N2O2S. The Labute approximate surface area is 121 Å². The van der Waals surface area contributed by atoms with Crippen LogP contribution in [-0.2, 0) is 16.6 Å². The van der Waals surface area contributed by atoms with Crippen LogP contribution in [0.15, 0.2) is 29.2 Å². The van der Waals surface area contributed by atoms with Gasteiger partial charge >= 0.3 is 0 Å². The summed E-state index contributed by atoms with van der Waals surface area (Å²) in [6.07, 6.45) is 4.98. The van der Waals surface area contributed by atoms with Gasteiger partial charge in [0.05, 0.1) is 4.90 Å². The van der Waals surface area contributed by atoms with Gasteiger partial charge in [-0.1, -0.05) is 38.8 Å². The molecular weight excluding hydrogens is 272 g/mol.